The van der Waals surface area contributed by atoms with Crippen molar-refractivity contribution >= 4 is 22.6 Å². The number of anilines is 1. The Bertz CT molecular complexity index is 1040. The molecule has 2 N–H and O–H groups in total. The summed E-state index contributed by atoms with van der Waals surface area (Å²) in [6.07, 6.45) is 2.55. The molecule has 148 valence electrons. The molecule has 2 aromatic rings. The third-order valence-electron chi connectivity index (χ3n) is 5.78. The Morgan fingerprint density at radius 2 is 2.07 bits per heavy atom. The fourth-order valence-corrected chi connectivity index (χ4v) is 4.29. The van der Waals surface area contributed by atoms with Crippen LogP contribution in [0.3, 0.4) is 0 Å². The zero-order chi connectivity index (χ0) is 19.6. The smallest absolute Gasteiger partial charge is 0.341 e. The molecule has 1 aromatic carbocycles. The number of halogens is 2. The van der Waals surface area contributed by atoms with Crippen LogP contribution in [0.15, 0.2) is 17.1 Å². The number of hydrogen-bond donors (Lipinski definition) is 2. The fourth-order valence-electron chi connectivity index (χ4n) is 4.29. The molecular formula is C19H19F2N3O4. The van der Waals surface area contributed by atoms with Gasteiger partial charge in [0.1, 0.15) is 17.1 Å². The van der Waals surface area contributed by atoms with Crippen LogP contribution in [0.5, 0.6) is 0 Å². The second-order valence-electron chi connectivity index (χ2n) is 7.61. The molecule has 2 saturated heterocycles. The van der Waals surface area contributed by atoms with E-state index in [0.29, 0.717) is 26.2 Å². The molecule has 3 heterocycles. The Morgan fingerprint density at radius 1 is 1.29 bits per heavy atom. The summed E-state index contributed by atoms with van der Waals surface area (Å²) in [6, 6.07) is 0.876. The van der Waals surface area contributed by atoms with Crippen molar-refractivity contribution < 1.29 is 23.4 Å². The highest BCUT2D eigenvalue weighted by Gasteiger charge is 2.38. The van der Waals surface area contributed by atoms with Crippen LogP contribution in [-0.2, 0) is 4.74 Å². The van der Waals surface area contributed by atoms with E-state index >= 15 is 4.39 Å². The molecule has 3 aliphatic rings. The van der Waals surface area contributed by atoms with E-state index in [1.165, 1.54) is 10.8 Å². The van der Waals surface area contributed by atoms with Crippen molar-refractivity contribution in [2.75, 3.05) is 31.1 Å². The minimum atomic E-state index is -1.40. The number of aromatic carboxylic acids is 1. The molecule has 9 heteroatoms. The minimum Gasteiger partial charge on any atom is -0.477 e. The Hall–Kier alpha value is -2.52. The first-order valence-electron chi connectivity index (χ1n) is 9.35. The Labute approximate surface area is 158 Å². The van der Waals surface area contributed by atoms with Crippen molar-refractivity contribution in [1.29, 1.82) is 0 Å². The highest BCUT2D eigenvalue weighted by Crippen LogP contribution is 2.40. The van der Waals surface area contributed by atoms with Gasteiger partial charge < -0.3 is 24.6 Å². The maximum Gasteiger partial charge on any atom is 0.341 e. The molecule has 2 aliphatic heterocycles. The van der Waals surface area contributed by atoms with Crippen molar-refractivity contribution in [3.8, 4) is 0 Å². The average Bonchev–Trinajstić information content (AvgIpc) is 3.41. The van der Waals surface area contributed by atoms with Gasteiger partial charge in [-0.25, -0.2) is 13.6 Å². The van der Waals surface area contributed by atoms with Crippen LogP contribution in [-0.4, -0.2) is 54.0 Å². The van der Waals surface area contributed by atoms with Crippen molar-refractivity contribution in [3.05, 3.63) is 39.7 Å². The third-order valence-corrected chi connectivity index (χ3v) is 5.78. The van der Waals surface area contributed by atoms with E-state index < -0.39 is 28.6 Å². The number of aromatic nitrogens is 1. The normalized spacial score (nSPS) is 24.6. The SMILES string of the molecule is O=C(O)c1cn(C2CC2)c2c(F)c(N3C[C@@H]4NCCO[C@@H]4C3)c(F)cc2c1=O. The summed E-state index contributed by atoms with van der Waals surface area (Å²) < 4.78 is 37.7. The highest BCUT2D eigenvalue weighted by molar-refractivity contribution is 5.94. The lowest BCUT2D eigenvalue weighted by Crippen LogP contribution is -2.47. The summed E-state index contributed by atoms with van der Waals surface area (Å²) in [4.78, 5) is 25.6. The Kier molecular flexibility index (Phi) is 3.92. The number of rotatable bonds is 3. The lowest BCUT2D eigenvalue weighted by molar-refractivity contribution is 0.0212. The molecule has 0 unspecified atom stereocenters. The predicted octanol–water partition coefficient (Wildman–Crippen LogP) is 1.49. The van der Waals surface area contributed by atoms with Crippen LogP contribution in [0, 0.1) is 11.6 Å². The van der Waals surface area contributed by atoms with Crippen LogP contribution in [0.25, 0.3) is 10.9 Å². The zero-order valence-corrected chi connectivity index (χ0v) is 15.0. The number of benzene rings is 1. The quantitative estimate of drug-likeness (QED) is 0.825. The molecule has 0 radical (unpaired) electrons. The van der Waals surface area contributed by atoms with Gasteiger partial charge in [-0.05, 0) is 18.9 Å². The number of ether oxygens (including phenoxy) is 1. The minimum absolute atomic E-state index is 0.0109. The number of pyridine rings is 1. The molecule has 0 spiro atoms. The van der Waals surface area contributed by atoms with Crippen LogP contribution in [0.2, 0.25) is 0 Å². The molecule has 2 atom stereocenters. The molecule has 5 rings (SSSR count). The van der Waals surface area contributed by atoms with E-state index in [1.54, 1.807) is 4.90 Å². The number of morpholine rings is 1. The number of carboxylic acid groups (broad SMARTS) is 1. The first kappa shape index (κ1) is 17.6. The van der Waals surface area contributed by atoms with E-state index in [2.05, 4.69) is 5.32 Å². The van der Waals surface area contributed by atoms with Gasteiger partial charge in [0.05, 0.1) is 29.7 Å². The summed E-state index contributed by atoms with van der Waals surface area (Å²) in [7, 11) is 0. The molecule has 28 heavy (non-hydrogen) atoms. The Balaban J connectivity index is 1.70. The van der Waals surface area contributed by atoms with Gasteiger partial charge in [0.25, 0.3) is 0 Å². The van der Waals surface area contributed by atoms with Gasteiger partial charge in [0.2, 0.25) is 5.43 Å². The number of fused-ring (bicyclic) bond motifs is 2. The van der Waals surface area contributed by atoms with E-state index in [9.17, 15) is 19.1 Å². The van der Waals surface area contributed by atoms with Gasteiger partial charge in [-0.15, -0.1) is 0 Å². The van der Waals surface area contributed by atoms with Crippen LogP contribution in [0.4, 0.5) is 14.5 Å². The number of hydrogen-bond acceptors (Lipinski definition) is 5. The fraction of sp³-hybridized carbons (Fsp3) is 0.474. The number of carboxylic acids is 1. The summed E-state index contributed by atoms with van der Waals surface area (Å²) in [5, 5.41) is 12.4. The van der Waals surface area contributed by atoms with Crippen LogP contribution in [0.1, 0.15) is 29.2 Å². The topological polar surface area (TPSA) is 83.8 Å². The number of carbonyl (C=O) groups is 1. The van der Waals surface area contributed by atoms with E-state index in [0.717, 1.165) is 18.9 Å². The molecule has 0 bridgehead atoms. The lowest BCUT2D eigenvalue weighted by Gasteiger charge is -2.25. The largest absolute Gasteiger partial charge is 0.477 e. The average molecular weight is 391 g/mol. The van der Waals surface area contributed by atoms with Gasteiger partial charge in [0, 0.05) is 31.9 Å². The van der Waals surface area contributed by atoms with E-state index in [4.69, 9.17) is 4.74 Å². The number of nitrogens with one attached hydrogen (secondary N) is 1. The summed E-state index contributed by atoms with van der Waals surface area (Å²) in [5.41, 5.74) is -1.57. The van der Waals surface area contributed by atoms with Crippen molar-refractivity contribution in [2.24, 2.45) is 0 Å². The monoisotopic (exact) mass is 391 g/mol. The predicted molar refractivity (Wildman–Crippen MR) is 97.1 cm³/mol. The highest BCUT2D eigenvalue weighted by atomic mass is 19.1. The van der Waals surface area contributed by atoms with Crippen molar-refractivity contribution in [1.82, 2.24) is 9.88 Å². The second-order valence-corrected chi connectivity index (χ2v) is 7.61. The molecule has 7 nitrogen and oxygen atoms in total. The lowest BCUT2D eigenvalue weighted by atomic mass is 10.1. The van der Waals surface area contributed by atoms with E-state index in [1.807, 2.05) is 0 Å². The molecule has 0 amide bonds. The zero-order valence-electron chi connectivity index (χ0n) is 15.0. The van der Waals surface area contributed by atoms with Gasteiger partial charge in [-0.1, -0.05) is 0 Å². The summed E-state index contributed by atoms with van der Waals surface area (Å²) >= 11 is 0. The first-order chi connectivity index (χ1) is 13.5. The second kappa shape index (κ2) is 6.25. The van der Waals surface area contributed by atoms with Crippen LogP contribution >= 0.6 is 0 Å². The third kappa shape index (κ3) is 2.61. The van der Waals surface area contributed by atoms with Gasteiger partial charge in [0.15, 0.2) is 5.82 Å². The maximum absolute atomic E-state index is 15.6. The van der Waals surface area contributed by atoms with Gasteiger partial charge in [-0.3, -0.25) is 4.79 Å². The van der Waals surface area contributed by atoms with Crippen molar-refractivity contribution in [3.63, 3.8) is 0 Å². The molecular weight excluding hydrogens is 372 g/mol. The van der Waals surface area contributed by atoms with Gasteiger partial charge in [-0.2, -0.15) is 0 Å². The summed E-state index contributed by atoms with van der Waals surface area (Å²) in [5.74, 6) is -3.10. The number of nitrogens with zero attached hydrogens (tertiary/aromatic N) is 2. The first-order valence-corrected chi connectivity index (χ1v) is 9.35. The molecule has 1 aliphatic carbocycles. The Morgan fingerprint density at radius 3 is 2.75 bits per heavy atom. The van der Waals surface area contributed by atoms with Gasteiger partial charge >= 0.3 is 5.97 Å². The molecule has 3 fully saturated rings. The van der Waals surface area contributed by atoms with Crippen molar-refractivity contribution in [2.45, 2.75) is 31.0 Å². The van der Waals surface area contributed by atoms with E-state index in [-0.39, 0.29) is 34.8 Å². The molecule has 1 aromatic heterocycles. The summed E-state index contributed by atoms with van der Waals surface area (Å²) in [6.45, 7) is 1.98. The standard InChI is InChI=1S/C19H19F2N3O4/c20-12-5-10-16(24(9-1-2-9)6-11(18(10)25)19(26)27)15(21)17(12)23-7-13-14(8-23)28-4-3-22-13/h5-6,9,13-14,22H,1-4,7-8H2,(H,26,27)/t13-,14+/m0/s1. The molecule has 1 saturated carbocycles. The maximum atomic E-state index is 15.6. The van der Waals surface area contributed by atoms with Crippen LogP contribution < -0.4 is 15.6 Å².